The van der Waals surface area contributed by atoms with Gasteiger partial charge in [-0.1, -0.05) is 0 Å². The molecule has 3 aliphatic heterocycles. The summed E-state index contributed by atoms with van der Waals surface area (Å²) < 4.78 is 5.45. The summed E-state index contributed by atoms with van der Waals surface area (Å²) in [5, 5.41) is 3.85. The van der Waals surface area contributed by atoms with Crippen molar-refractivity contribution in [3.8, 4) is 0 Å². The van der Waals surface area contributed by atoms with Crippen LogP contribution in [0.3, 0.4) is 0 Å². The predicted octanol–water partition coefficient (Wildman–Crippen LogP) is 3.02. The van der Waals surface area contributed by atoms with Crippen molar-refractivity contribution >= 4 is 23.2 Å². The van der Waals surface area contributed by atoms with Crippen LogP contribution < -0.4 is 0 Å². The molecule has 5 nitrogen and oxygen atoms in total. The fraction of sp³-hybridized carbons (Fsp3) is 0.700. The van der Waals surface area contributed by atoms with Gasteiger partial charge in [-0.05, 0) is 55.9 Å². The Bertz CT molecular complexity index is 631. The Hall–Kier alpha value is -1.40. The van der Waals surface area contributed by atoms with Crippen molar-refractivity contribution in [1.29, 1.82) is 0 Å². The Labute approximate surface area is 159 Å². The molecule has 4 rings (SSSR count). The second kappa shape index (κ2) is 7.69. The van der Waals surface area contributed by atoms with Crippen LogP contribution in [-0.2, 0) is 9.53 Å². The molecule has 2 amide bonds. The molecular weight excluding hydrogens is 348 g/mol. The zero-order valence-electron chi connectivity index (χ0n) is 15.3. The number of rotatable bonds is 3. The van der Waals surface area contributed by atoms with Gasteiger partial charge in [-0.25, -0.2) is 0 Å². The fourth-order valence-electron chi connectivity index (χ4n) is 4.74. The van der Waals surface area contributed by atoms with Gasteiger partial charge in [0.2, 0.25) is 5.91 Å². The molecule has 0 N–H and O–H groups in total. The van der Waals surface area contributed by atoms with E-state index in [4.69, 9.17) is 4.74 Å². The first kappa shape index (κ1) is 18.0. The number of hydrogen-bond donors (Lipinski definition) is 0. The lowest BCUT2D eigenvalue weighted by Crippen LogP contribution is -2.55. The molecule has 142 valence electrons. The van der Waals surface area contributed by atoms with Crippen LogP contribution in [-0.4, -0.2) is 61.0 Å². The third kappa shape index (κ3) is 3.54. The van der Waals surface area contributed by atoms with Crippen molar-refractivity contribution in [2.75, 3.05) is 39.4 Å². The first-order chi connectivity index (χ1) is 12.7. The Morgan fingerprint density at radius 2 is 1.96 bits per heavy atom. The minimum Gasteiger partial charge on any atom is -0.381 e. The predicted molar refractivity (Wildman–Crippen MR) is 101 cm³/mol. The van der Waals surface area contributed by atoms with Gasteiger partial charge in [-0.15, -0.1) is 0 Å². The summed E-state index contributed by atoms with van der Waals surface area (Å²) in [6.07, 6.45) is 5.83. The number of nitrogens with zero attached hydrogens (tertiary/aromatic N) is 2. The van der Waals surface area contributed by atoms with E-state index in [1.807, 2.05) is 21.7 Å². The Balaban J connectivity index is 1.37. The summed E-state index contributed by atoms with van der Waals surface area (Å²) in [6, 6.07) is 1.89. The Kier molecular flexibility index (Phi) is 5.32. The van der Waals surface area contributed by atoms with Crippen molar-refractivity contribution in [3.05, 3.63) is 22.4 Å². The van der Waals surface area contributed by atoms with E-state index in [-0.39, 0.29) is 11.3 Å². The number of likely N-dealkylation sites (tertiary alicyclic amines) is 2. The number of carbonyl (C=O) groups is 2. The van der Waals surface area contributed by atoms with Crippen LogP contribution in [0.4, 0.5) is 0 Å². The molecule has 0 radical (unpaired) electrons. The van der Waals surface area contributed by atoms with Crippen molar-refractivity contribution in [1.82, 2.24) is 9.80 Å². The van der Waals surface area contributed by atoms with E-state index in [0.29, 0.717) is 24.9 Å². The molecule has 4 heterocycles. The van der Waals surface area contributed by atoms with Crippen LogP contribution in [0.5, 0.6) is 0 Å². The molecule has 0 aromatic carbocycles. The number of thiophene rings is 1. The van der Waals surface area contributed by atoms with Crippen molar-refractivity contribution in [2.24, 2.45) is 11.3 Å². The molecule has 6 heteroatoms. The monoisotopic (exact) mass is 376 g/mol. The summed E-state index contributed by atoms with van der Waals surface area (Å²) in [7, 11) is 0. The van der Waals surface area contributed by atoms with Gasteiger partial charge in [0.25, 0.3) is 5.91 Å². The Morgan fingerprint density at radius 1 is 1.19 bits per heavy atom. The van der Waals surface area contributed by atoms with Gasteiger partial charge in [-0.2, -0.15) is 11.3 Å². The molecule has 3 saturated heterocycles. The highest BCUT2D eigenvalue weighted by Gasteiger charge is 2.46. The summed E-state index contributed by atoms with van der Waals surface area (Å²) in [6.45, 7) is 4.85. The molecule has 0 unspecified atom stereocenters. The van der Waals surface area contributed by atoms with Crippen molar-refractivity contribution in [3.63, 3.8) is 0 Å². The summed E-state index contributed by atoms with van der Waals surface area (Å²) in [5.74, 6) is 1.05. The van der Waals surface area contributed by atoms with Crippen LogP contribution >= 0.6 is 11.3 Å². The molecule has 26 heavy (non-hydrogen) atoms. The topological polar surface area (TPSA) is 49.9 Å². The van der Waals surface area contributed by atoms with E-state index >= 15 is 0 Å². The molecule has 1 aromatic heterocycles. The molecule has 3 fully saturated rings. The third-order valence-corrected chi connectivity index (χ3v) is 7.10. The van der Waals surface area contributed by atoms with Crippen LogP contribution in [0, 0.1) is 11.3 Å². The molecule has 0 atom stereocenters. The smallest absolute Gasteiger partial charge is 0.254 e. The molecule has 3 aliphatic rings. The van der Waals surface area contributed by atoms with E-state index in [2.05, 4.69) is 4.90 Å². The normalized spacial score (nSPS) is 24.2. The maximum atomic E-state index is 13.3. The van der Waals surface area contributed by atoms with Gasteiger partial charge in [-0.3, -0.25) is 9.59 Å². The van der Waals surface area contributed by atoms with Gasteiger partial charge in [0.15, 0.2) is 0 Å². The van der Waals surface area contributed by atoms with Gasteiger partial charge >= 0.3 is 0 Å². The highest BCUT2D eigenvalue weighted by molar-refractivity contribution is 7.08. The average Bonchev–Trinajstić information content (AvgIpc) is 3.21. The average molecular weight is 377 g/mol. The standard InChI is InChI=1S/C20H28N2O3S/c23-18(17-4-13-26-15-17)21-9-6-20(7-10-21)5-1-8-22(19(20)24)14-16-2-11-25-12-3-16/h4,13,15-16H,1-3,5-12,14H2. The van der Waals surface area contributed by atoms with Gasteiger partial charge < -0.3 is 14.5 Å². The number of piperidine rings is 2. The number of amides is 2. The minimum atomic E-state index is -0.227. The van der Waals surface area contributed by atoms with E-state index in [0.717, 1.165) is 70.4 Å². The molecule has 1 aromatic rings. The first-order valence-electron chi connectivity index (χ1n) is 9.87. The van der Waals surface area contributed by atoms with Crippen LogP contribution in [0.2, 0.25) is 0 Å². The van der Waals surface area contributed by atoms with Gasteiger partial charge in [0.05, 0.1) is 11.0 Å². The second-order valence-electron chi connectivity index (χ2n) is 8.00. The number of carbonyl (C=O) groups excluding carboxylic acids is 2. The van der Waals surface area contributed by atoms with E-state index < -0.39 is 0 Å². The van der Waals surface area contributed by atoms with E-state index in [1.54, 1.807) is 11.3 Å². The molecule has 0 bridgehead atoms. The SMILES string of the molecule is O=C(c1ccsc1)N1CCC2(CCCN(CC3CCOCC3)C2=O)CC1. The highest BCUT2D eigenvalue weighted by atomic mass is 32.1. The lowest BCUT2D eigenvalue weighted by Gasteiger charge is -2.47. The largest absolute Gasteiger partial charge is 0.381 e. The molecular formula is C20H28N2O3S. The highest BCUT2D eigenvalue weighted by Crippen LogP contribution is 2.41. The third-order valence-electron chi connectivity index (χ3n) is 6.42. The quantitative estimate of drug-likeness (QED) is 0.815. The van der Waals surface area contributed by atoms with Crippen LogP contribution in [0.1, 0.15) is 48.9 Å². The summed E-state index contributed by atoms with van der Waals surface area (Å²) in [5.41, 5.74) is 0.552. The number of hydrogen-bond acceptors (Lipinski definition) is 4. The number of ether oxygens (including phenoxy) is 1. The lowest BCUT2D eigenvalue weighted by atomic mass is 9.71. The zero-order chi connectivity index (χ0) is 18.0. The first-order valence-corrected chi connectivity index (χ1v) is 10.8. The van der Waals surface area contributed by atoms with Crippen LogP contribution in [0.15, 0.2) is 16.8 Å². The van der Waals surface area contributed by atoms with E-state index in [9.17, 15) is 9.59 Å². The maximum Gasteiger partial charge on any atom is 0.254 e. The lowest BCUT2D eigenvalue weighted by molar-refractivity contribution is -0.150. The zero-order valence-corrected chi connectivity index (χ0v) is 16.1. The van der Waals surface area contributed by atoms with Crippen LogP contribution in [0.25, 0.3) is 0 Å². The van der Waals surface area contributed by atoms with E-state index in [1.165, 1.54) is 0 Å². The summed E-state index contributed by atoms with van der Waals surface area (Å²) in [4.78, 5) is 29.9. The molecule has 1 spiro atoms. The van der Waals surface area contributed by atoms with Gasteiger partial charge in [0.1, 0.15) is 0 Å². The van der Waals surface area contributed by atoms with Gasteiger partial charge in [0, 0.05) is 44.8 Å². The van der Waals surface area contributed by atoms with Crippen molar-refractivity contribution < 1.29 is 14.3 Å². The molecule has 0 aliphatic carbocycles. The Morgan fingerprint density at radius 3 is 2.65 bits per heavy atom. The summed E-state index contributed by atoms with van der Waals surface area (Å²) >= 11 is 1.55. The van der Waals surface area contributed by atoms with Crippen molar-refractivity contribution in [2.45, 2.75) is 38.5 Å². The molecule has 0 saturated carbocycles. The second-order valence-corrected chi connectivity index (χ2v) is 8.78. The minimum absolute atomic E-state index is 0.114. The fourth-order valence-corrected chi connectivity index (χ4v) is 5.37. The maximum absolute atomic E-state index is 13.3.